The van der Waals surface area contributed by atoms with E-state index in [0.717, 1.165) is 18.5 Å². The number of halogens is 3. The molecule has 2 saturated heterocycles. The van der Waals surface area contributed by atoms with Crippen LogP contribution in [0, 0.1) is 0 Å². The number of nitrogens with one attached hydrogen (secondary N) is 2. The molecule has 1 atom stereocenters. The molecule has 2 amide bonds. The van der Waals surface area contributed by atoms with Gasteiger partial charge < -0.3 is 10.6 Å². The predicted molar refractivity (Wildman–Crippen MR) is 92.0 cm³/mol. The second-order valence-corrected chi connectivity index (χ2v) is 7.12. The number of piperidine rings is 2. The molecule has 2 aliphatic heterocycles. The summed E-state index contributed by atoms with van der Waals surface area (Å²) in [6.07, 6.45) is 0.418. The SMILES string of the molecule is O=C1CCCC(c2ccc(C(=O)NC3CCN(CC(F)(F)F)CC3)cn2)N1. The molecule has 3 rings (SSSR count). The second-order valence-electron chi connectivity index (χ2n) is 7.12. The average Bonchev–Trinajstić information content (AvgIpc) is 2.62. The molecule has 9 heteroatoms. The normalized spacial score (nSPS) is 22.3. The predicted octanol–water partition coefficient (Wildman–Crippen LogP) is 2.18. The highest BCUT2D eigenvalue weighted by molar-refractivity contribution is 5.94. The highest BCUT2D eigenvalue weighted by Crippen LogP contribution is 2.22. The molecule has 2 fully saturated rings. The maximum atomic E-state index is 12.4. The molecule has 6 nitrogen and oxygen atoms in total. The van der Waals surface area contributed by atoms with Gasteiger partial charge in [0.25, 0.3) is 5.91 Å². The molecule has 3 heterocycles. The number of carbonyl (C=O) groups is 2. The lowest BCUT2D eigenvalue weighted by Gasteiger charge is -2.32. The summed E-state index contributed by atoms with van der Waals surface area (Å²) in [6, 6.07) is 3.13. The third-order valence-corrected chi connectivity index (χ3v) is 4.96. The number of hydrogen-bond acceptors (Lipinski definition) is 4. The topological polar surface area (TPSA) is 74.3 Å². The number of pyridine rings is 1. The van der Waals surface area contributed by atoms with Gasteiger partial charge in [0.2, 0.25) is 5.91 Å². The number of hydrogen-bond donors (Lipinski definition) is 2. The smallest absolute Gasteiger partial charge is 0.349 e. The quantitative estimate of drug-likeness (QED) is 0.835. The summed E-state index contributed by atoms with van der Waals surface area (Å²) in [6.45, 7) is -0.289. The molecule has 0 aromatic carbocycles. The Morgan fingerprint density at radius 3 is 2.59 bits per heavy atom. The minimum absolute atomic E-state index is 0.00624. The van der Waals surface area contributed by atoms with Crippen LogP contribution in [-0.2, 0) is 4.79 Å². The van der Waals surface area contributed by atoms with Crippen molar-refractivity contribution in [2.45, 2.75) is 50.4 Å². The summed E-state index contributed by atoms with van der Waals surface area (Å²) in [4.78, 5) is 29.5. The van der Waals surface area contributed by atoms with Crippen molar-refractivity contribution in [3.8, 4) is 0 Å². The molecule has 0 saturated carbocycles. The maximum absolute atomic E-state index is 12.4. The third kappa shape index (κ3) is 5.66. The number of amides is 2. The Labute approximate surface area is 155 Å². The molecule has 2 aliphatic rings. The van der Waals surface area contributed by atoms with Gasteiger partial charge in [-0.25, -0.2) is 0 Å². The van der Waals surface area contributed by atoms with Crippen LogP contribution in [0.1, 0.15) is 54.2 Å². The summed E-state index contributed by atoms with van der Waals surface area (Å²) >= 11 is 0. The molecule has 1 aromatic rings. The number of nitrogens with zero attached hydrogens (tertiary/aromatic N) is 2. The standard InChI is InChI=1S/C18H23F3N4O2/c19-18(20,21)11-25-8-6-13(7-9-25)23-17(27)12-4-5-14(22-10-12)15-2-1-3-16(26)24-15/h4-5,10,13,15H,1-3,6-9,11H2,(H,23,27)(H,24,26). The lowest BCUT2D eigenvalue weighted by atomic mass is 10.0. The third-order valence-electron chi connectivity index (χ3n) is 4.96. The number of alkyl halides is 3. The fraction of sp³-hybridized carbons (Fsp3) is 0.611. The summed E-state index contributed by atoms with van der Waals surface area (Å²) in [5.74, 6) is -0.275. The van der Waals surface area contributed by atoms with Crippen molar-refractivity contribution in [1.29, 1.82) is 0 Å². The molecule has 1 aromatic heterocycles. The Balaban J connectivity index is 1.49. The number of rotatable bonds is 4. The molecule has 2 N–H and O–H groups in total. The lowest BCUT2D eigenvalue weighted by molar-refractivity contribution is -0.148. The molecular formula is C18H23F3N4O2. The van der Waals surface area contributed by atoms with Gasteiger partial charge in [0, 0.05) is 31.7 Å². The van der Waals surface area contributed by atoms with Gasteiger partial charge in [-0.3, -0.25) is 19.5 Å². The second kappa shape index (κ2) is 8.24. The van der Waals surface area contributed by atoms with Crippen LogP contribution in [0.2, 0.25) is 0 Å². The highest BCUT2D eigenvalue weighted by Gasteiger charge is 2.32. The molecule has 148 valence electrons. The van der Waals surface area contributed by atoms with Crippen LogP contribution in [0.4, 0.5) is 13.2 Å². The van der Waals surface area contributed by atoms with Crippen LogP contribution in [0.15, 0.2) is 18.3 Å². The van der Waals surface area contributed by atoms with E-state index >= 15 is 0 Å². The largest absolute Gasteiger partial charge is 0.401 e. The van der Waals surface area contributed by atoms with Crippen molar-refractivity contribution in [3.05, 3.63) is 29.6 Å². The van der Waals surface area contributed by atoms with Crippen molar-refractivity contribution >= 4 is 11.8 Å². The van der Waals surface area contributed by atoms with Gasteiger partial charge in [-0.15, -0.1) is 0 Å². The zero-order valence-corrected chi connectivity index (χ0v) is 14.9. The molecule has 0 bridgehead atoms. The molecule has 0 spiro atoms. The summed E-state index contributed by atoms with van der Waals surface area (Å²) < 4.78 is 37.2. The van der Waals surface area contributed by atoms with Crippen molar-refractivity contribution in [3.63, 3.8) is 0 Å². The fourth-order valence-corrected chi connectivity index (χ4v) is 3.53. The van der Waals surface area contributed by atoms with E-state index in [1.54, 1.807) is 12.1 Å². The maximum Gasteiger partial charge on any atom is 0.401 e. The minimum atomic E-state index is -4.19. The Hall–Kier alpha value is -2.16. The first-order valence-electron chi connectivity index (χ1n) is 9.15. The van der Waals surface area contributed by atoms with Gasteiger partial charge in [0.15, 0.2) is 0 Å². The monoisotopic (exact) mass is 384 g/mol. The van der Waals surface area contributed by atoms with E-state index in [1.165, 1.54) is 11.1 Å². The Morgan fingerprint density at radius 1 is 1.26 bits per heavy atom. The summed E-state index contributed by atoms with van der Waals surface area (Å²) in [5.41, 5.74) is 1.12. The van der Waals surface area contributed by atoms with Gasteiger partial charge in [-0.05, 0) is 37.8 Å². The number of likely N-dealkylation sites (tertiary alicyclic amines) is 1. The first-order chi connectivity index (χ1) is 12.8. The molecule has 1 unspecified atom stereocenters. The summed E-state index contributed by atoms with van der Waals surface area (Å²) in [5, 5.41) is 5.75. The van der Waals surface area contributed by atoms with Crippen molar-refractivity contribution in [1.82, 2.24) is 20.5 Å². The van der Waals surface area contributed by atoms with E-state index in [-0.39, 0.29) is 23.9 Å². The van der Waals surface area contributed by atoms with E-state index in [2.05, 4.69) is 15.6 Å². The summed E-state index contributed by atoms with van der Waals surface area (Å²) in [7, 11) is 0. The van der Waals surface area contributed by atoms with Gasteiger partial charge in [-0.1, -0.05) is 0 Å². The minimum Gasteiger partial charge on any atom is -0.349 e. The Morgan fingerprint density at radius 2 is 2.00 bits per heavy atom. The molecule has 0 radical (unpaired) electrons. The van der Waals surface area contributed by atoms with Crippen LogP contribution >= 0.6 is 0 Å². The van der Waals surface area contributed by atoms with Crippen molar-refractivity contribution < 1.29 is 22.8 Å². The van der Waals surface area contributed by atoms with Crippen LogP contribution < -0.4 is 10.6 Å². The van der Waals surface area contributed by atoms with E-state index in [4.69, 9.17) is 0 Å². The lowest BCUT2D eigenvalue weighted by Crippen LogP contribution is -2.47. The molecule has 0 aliphatic carbocycles. The average molecular weight is 384 g/mol. The zero-order valence-electron chi connectivity index (χ0n) is 14.9. The number of carbonyl (C=O) groups excluding carboxylic acids is 2. The Bertz CT molecular complexity index is 670. The van der Waals surface area contributed by atoms with E-state index in [1.807, 2.05) is 0 Å². The van der Waals surface area contributed by atoms with E-state index in [0.29, 0.717) is 37.9 Å². The van der Waals surface area contributed by atoms with Gasteiger partial charge in [0.05, 0.1) is 23.8 Å². The molecule has 27 heavy (non-hydrogen) atoms. The van der Waals surface area contributed by atoms with Gasteiger partial charge in [-0.2, -0.15) is 13.2 Å². The zero-order chi connectivity index (χ0) is 19.4. The van der Waals surface area contributed by atoms with Crippen molar-refractivity contribution in [2.24, 2.45) is 0 Å². The fourth-order valence-electron chi connectivity index (χ4n) is 3.53. The van der Waals surface area contributed by atoms with Gasteiger partial charge >= 0.3 is 6.18 Å². The van der Waals surface area contributed by atoms with Crippen molar-refractivity contribution in [2.75, 3.05) is 19.6 Å². The Kier molecular flexibility index (Phi) is 5.98. The van der Waals surface area contributed by atoms with Crippen LogP contribution in [0.3, 0.4) is 0 Å². The molecular weight excluding hydrogens is 361 g/mol. The number of aromatic nitrogens is 1. The van der Waals surface area contributed by atoms with E-state index < -0.39 is 12.7 Å². The van der Waals surface area contributed by atoms with Gasteiger partial charge in [0.1, 0.15) is 0 Å². The van der Waals surface area contributed by atoms with Crippen LogP contribution in [-0.4, -0.2) is 53.6 Å². The van der Waals surface area contributed by atoms with E-state index in [9.17, 15) is 22.8 Å². The highest BCUT2D eigenvalue weighted by atomic mass is 19.4. The van der Waals surface area contributed by atoms with Crippen LogP contribution in [0.25, 0.3) is 0 Å². The first-order valence-corrected chi connectivity index (χ1v) is 9.15. The first kappa shape index (κ1) is 19.6. The van der Waals surface area contributed by atoms with Crippen LogP contribution in [0.5, 0.6) is 0 Å².